The third-order valence-corrected chi connectivity index (χ3v) is 4.34. The van der Waals surface area contributed by atoms with Crippen LogP contribution in [0.15, 0.2) is 72.9 Å². The third kappa shape index (κ3) is 5.10. The highest BCUT2D eigenvalue weighted by Gasteiger charge is 2.20. The number of rotatable bonds is 8. The lowest BCUT2D eigenvalue weighted by Gasteiger charge is -2.23. The Labute approximate surface area is 165 Å². The van der Waals surface area contributed by atoms with Gasteiger partial charge in [-0.05, 0) is 48.4 Å². The van der Waals surface area contributed by atoms with Gasteiger partial charge in [-0.15, -0.1) is 0 Å². The van der Waals surface area contributed by atoms with Gasteiger partial charge >= 0.3 is 0 Å². The van der Waals surface area contributed by atoms with E-state index >= 15 is 0 Å². The van der Waals surface area contributed by atoms with E-state index in [2.05, 4.69) is 11.9 Å². The molecule has 0 saturated carbocycles. The molecule has 0 bridgehead atoms. The molecule has 0 atom stereocenters. The van der Waals surface area contributed by atoms with Crippen LogP contribution in [-0.4, -0.2) is 22.6 Å². The third-order valence-electron chi connectivity index (χ3n) is 4.34. The Morgan fingerprint density at radius 1 is 1.04 bits per heavy atom. The standard InChI is InChI=1S/C23H24N2O3/c1-2-7-18-11-13-20(14-12-18)28-17-23(27)25(16-19-8-5-6-15-24-19)21-9-3-4-10-22(21)26/h3-6,8-15,26H,2,7,16-17H2,1H3. The van der Waals surface area contributed by atoms with E-state index in [1.807, 2.05) is 42.5 Å². The zero-order valence-electron chi connectivity index (χ0n) is 15.9. The topological polar surface area (TPSA) is 62.7 Å². The van der Waals surface area contributed by atoms with Gasteiger partial charge in [-0.2, -0.15) is 0 Å². The first-order valence-corrected chi connectivity index (χ1v) is 9.37. The number of aromatic nitrogens is 1. The van der Waals surface area contributed by atoms with Gasteiger partial charge < -0.3 is 9.84 Å². The second-order valence-corrected chi connectivity index (χ2v) is 6.47. The summed E-state index contributed by atoms with van der Waals surface area (Å²) in [5, 5.41) is 10.2. The Morgan fingerprint density at radius 3 is 2.46 bits per heavy atom. The average molecular weight is 376 g/mol. The number of amides is 1. The number of hydrogen-bond donors (Lipinski definition) is 1. The number of hydrogen-bond acceptors (Lipinski definition) is 4. The lowest BCUT2D eigenvalue weighted by molar-refractivity contribution is -0.120. The molecule has 1 amide bonds. The molecule has 5 nitrogen and oxygen atoms in total. The quantitative estimate of drug-likeness (QED) is 0.635. The molecule has 5 heteroatoms. The van der Waals surface area contributed by atoms with Crippen LogP contribution in [0, 0.1) is 0 Å². The number of anilines is 1. The first-order valence-electron chi connectivity index (χ1n) is 9.37. The van der Waals surface area contributed by atoms with Crippen molar-refractivity contribution < 1.29 is 14.6 Å². The molecular formula is C23H24N2O3. The first kappa shape index (κ1) is 19.4. The smallest absolute Gasteiger partial charge is 0.265 e. The highest BCUT2D eigenvalue weighted by Crippen LogP contribution is 2.28. The monoisotopic (exact) mass is 376 g/mol. The van der Waals surface area contributed by atoms with Crippen LogP contribution in [0.4, 0.5) is 5.69 Å². The first-order chi connectivity index (χ1) is 13.7. The molecule has 3 rings (SSSR count). The molecule has 2 aromatic carbocycles. The van der Waals surface area contributed by atoms with E-state index in [1.165, 1.54) is 10.5 Å². The minimum atomic E-state index is -0.259. The van der Waals surface area contributed by atoms with Gasteiger partial charge in [0.05, 0.1) is 17.9 Å². The highest BCUT2D eigenvalue weighted by molar-refractivity contribution is 5.95. The lowest BCUT2D eigenvalue weighted by Crippen LogP contribution is -2.34. The van der Waals surface area contributed by atoms with E-state index in [0.717, 1.165) is 18.5 Å². The van der Waals surface area contributed by atoms with Gasteiger partial charge in [0.1, 0.15) is 11.5 Å². The van der Waals surface area contributed by atoms with E-state index in [9.17, 15) is 9.90 Å². The molecule has 1 aromatic heterocycles. The summed E-state index contributed by atoms with van der Waals surface area (Å²) in [5.41, 5.74) is 2.40. The van der Waals surface area contributed by atoms with E-state index in [0.29, 0.717) is 11.4 Å². The fraction of sp³-hybridized carbons (Fsp3) is 0.217. The number of aryl methyl sites for hydroxylation is 1. The van der Waals surface area contributed by atoms with Crippen LogP contribution in [-0.2, 0) is 17.8 Å². The van der Waals surface area contributed by atoms with Crippen molar-refractivity contribution in [1.29, 1.82) is 0 Å². The van der Waals surface area contributed by atoms with Gasteiger partial charge in [0, 0.05) is 6.20 Å². The fourth-order valence-corrected chi connectivity index (χ4v) is 2.92. The van der Waals surface area contributed by atoms with Gasteiger partial charge in [-0.1, -0.05) is 43.7 Å². The Morgan fingerprint density at radius 2 is 1.79 bits per heavy atom. The molecule has 0 fully saturated rings. The SMILES string of the molecule is CCCc1ccc(OCC(=O)N(Cc2ccccn2)c2ccccc2O)cc1. The lowest BCUT2D eigenvalue weighted by atomic mass is 10.1. The molecule has 28 heavy (non-hydrogen) atoms. The number of benzene rings is 2. The minimum absolute atomic E-state index is 0.0377. The van der Waals surface area contributed by atoms with E-state index < -0.39 is 0 Å². The van der Waals surface area contributed by atoms with Gasteiger partial charge in [-0.25, -0.2) is 0 Å². The van der Waals surface area contributed by atoms with Crippen LogP contribution in [0.2, 0.25) is 0 Å². The number of para-hydroxylation sites is 2. The molecule has 1 heterocycles. The minimum Gasteiger partial charge on any atom is -0.506 e. The summed E-state index contributed by atoms with van der Waals surface area (Å²) in [6, 6.07) is 20.1. The molecule has 0 unspecified atom stereocenters. The number of aromatic hydroxyl groups is 1. The number of carbonyl (C=O) groups excluding carboxylic acids is 1. The summed E-state index contributed by atoms with van der Waals surface area (Å²) in [6.45, 7) is 2.25. The summed E-state index contributed by atoms with van der Waals surface area (Å²) >= 11 is 0. The van der Waals surface area contributed by atoms with Crippen LogP contribution < -0.4 is 9.64 Å². The average Bonchev–Trinajstić information content (AvgIpc) is 2.73. The number of ether oxygens (including phenoxy) is 1. The Balaban J connectivity index is 1.73. The molecule has 0 radical (unpaired) electrons. The van der Waals surface area contributed by atoms with Crippen molar-refractivity contribution in [2.24, 2.45) is 0 Å². The summed E-state index contributed by atoms with van der Waals surface area (Å²) in [5.74, 6) is 0.420. The number of phenols is 1. The zero-order valence-corrected chi connectivity index (χ0v) is 15.9. The van der Waals surface area contributed by atoms with E-state index in [-0.39, 0.29) is 24.8 Å². The number of pyridine rings is 1. The Kier molecular flexibility index (Phi) is 6.63. The molecule has 3 aromatic rings. The molecule has 0 aliphatic rings. The molecule has 144 valence electrons. The Bertz CT molecular complexity index is 895. The van der Waals surface area contributed by atoms with Crippen molar-refractivity contribution in [2.45, 2.75) is 26.3 Å². The number of carbonyl (C=O) groups is 1. The summed E-state index contributed by atoms with van der Waals surface area (Å²) in [7, 11) is 0. The van der Waals surface area contributed by atoms with E-state index in [4.69, 9.17) is 4.74 Å². The van der Waals surface area contributed by atoms with Gasteiger partial charge in [0.15, 0.2) is 6.61 Å². The predicted molar refractivity (Wildman–Crippen MR) is 109 cm³/mol. The molecule has 0 aliphatic carbocycles. The molecule has 0 saturated heterocycles. The van der Waals surface area contributed by atoms with Crippen LogP contribution in [0.5, 0.6) is 11.5 Å². The second kappa shape index (κ2) is 9.55. The Hall–Kier alpha value is -3.34. The highest BCUT2D eigenvalue weighted by atomic mass is 16.5. The maximum Gasteiger partial charge on any atom is 0.265 e. The number of phenolic OH excluding ortho intramolecular Hbond substituents is 1. The molecular weight excluding hydrogens is 352 g/mol. The van der Waals surface area contributed by atoms with Crippen molar-refractivity contribution in [3.8, 4) is 11.5 Å². The molecule has 0 spiro atoms. The molecule has 1 N–H and O–H groups in total. The summed E-state index contributed by atoms with van der Waals surface area (Å²) in [6.07, 6.45) is 3.78. The van der Waals surface area contributed by atoms with Crippen molar-refractivity contribution in [2.75, 3.05) is 11.5 Å². The summed E-state index contributed by atoms with van der Waals surface area (Å²) in [4.78, 5) is 18.7. The normalized spacial score (nSPS) is 10.5. The van der Waals surface area contributed by atoms with Crippen LogP contribution in [0.3, 0.4) is 0 Å². The van der Waals surface area contributed by atoms with Crippen molar-refractivity contribution >= 4 is 11.6 Å². The van der Waals surface area contributed by atoms with Crippen molar-refractivity contribution in [3.05, 3.63) is 84.2 Å². The fourth-order valence-electron chi connectivity index (χ4n) is 2.92. The maximum atomic E-state index is 12.9. The van der Waals surface area contributed by atoms with Gasteiger partial charge in [0.25, 0.3) is 5.91 Å². The molecule has 0 aliphatic heterocycles. The second-order valence-electron chi connectivity index (χ2n) is 6.47. The van der Waals surface area contributed by atoms with Gasteiger partial charge in [0.2, 0.25) is 0 Å². The van der Waals surface area contributed by atoms with Crippen molar-refractivity contribution in [1.82, 2.24) is 4.98 Å². The van der Waals surface area contributed by atoms with Crippen LogP contribution in [0.25, 0.3) is 0 Å². The predicted octanol–water partition coefficient (Wildman–Crippen LogP) is 4.35. The van der Waals surface area contributed by atoms with Crippen LogP contribution >= 0.6 is 0 Å². The number of nitrogens with zero attached hydrogens (tertiary/aromatic N) is 2. The summed E-state index contributed by atoms with van der Waals surface area (Å²) < 4.78 is 5.69. The largest absolute Gasteiger partial charge is 0.506 e. The zero-order chi connectivity index (χ0) is 19.8. The van der Waals surface area contributed by atoms with Crippen LogP contribution in [0.1, 0.15) is 24.6 Å². The van der Waals surface area contributed by atoms with Gasteiger partial charge in [-0.3, -0.25) is 14.7 Å². The maximum absolute atomic E-state index is 12.9. The van der Waals surface area contributed by atoms with E-state index in [1.54, 1.807) is 30.5 Å². The van der Waals surface area contributed by atoms with Crippen molar-refractivity contribution in [3.63, 3.8) is 0 Å².